The van der Waals surface area contributed by atoms with E-state index in [1.54, 1.807) is 6.33 Å². The van der Waals surface area contributed by atoms with Gasteiger partial charge in [0.25, 0.3) is 0 Å². The van der Waals surface area contributed by atoms with E-state index in [1.165, 1.54) is 12.8 Å². The maximum Gasteiger partial charge on any atom is 0.0922 e. The molecule has 2 heterocycles. The zero-order valence-electron chi connectivity index (χ0n) is 8.78. The molecular formula is C11H17N3O. The molecule has 2 unspecified atom stereocenters. The van der Waals surface area contributed by atoms with Gasteiger partial charge in [0.2, 0.25) is 0 Å². The number of ether oxygens (including phenoxy) is 1. The molecule has 4 nitrogen and oxygen atoms in total. The fourth-order valence-electron chi connectivity index (χ4n) is 2.39. The van der Waals surface area contributed by atoms with Crippen LogP contribution < -0.4 is 5.32 Å². The quantitative estimate of drug-likeness (QED) is 0.772. The van der Waals surface area contributed by atoms with E-state index in [1.807, 2.05) is 6.20 Å². The molecule has 3 rings (SSSR count). The van der Waals surface area contributed by atoms with E-state index in [-0.39, 0.29) is 0 Å². The molecule has 1 saturated heterocycles. The van der Waals surface area contributed by atoms with Gasteiger partial charge in [-0.3, -0.25) is 0 Å². The Balaban J connectivity index is 1.53. The van der Waals surface area contributed by atoms with Crippen molar-refractivity contribution in [2.45, 2.75) is 25.4 Å². The van der Waals surface area contributed by atoms with Gasteiger partial charge in [0.15, 0.2) is 0 Å². The van der Waals surface area contributed by atoms with E-state index in [4.69, 9.17) is 4.74 Å². The number of hydrogen-bond donors (Lipinski definition) is 2. The molecular weight excluding hydrogens is 190 g/mol. The zero-order chi connectivity index (χ0) is 10.1. The lowest BCUT2D eigenvalue weighted by molar-refractivity contribution is 0.179. The number of H-pyrrole nitrogens is 1. The van der Waals surface area contributed by atoms with Crippen molar-refractivity contribution in [3.63, 3.8) is 0 Å². The molecule has 1 aliphatic carbocycles. The fraction of sp³-hybridized carbons (Fsp3) is 0.727. The summed E-state index contributed by atoms with van der Waals surface area (Å²) in [4.78, 5) is 7.11. The Kier molecular flexibility index (Phi) is 2.46. The Bertz CT molecular complexity index is 308. The maximum atomic E-state index is 5.55. The Morgan fingerprint density at radius 2 is 2.40 bits per heavy atom. The number of rotatable bonds is 4. The summed E-state index contributed by atoms with van der Waals surface area (Å²) < 4.78 is 5.55. The van der Waals surface area contributed by atoms with Gasteiger partial charge < -0.3 is 15.0 Å². The van der Waals surface area contributed by atoms with Crippen molar-refractivity contribution in [1.29, 1.82) is 0 Å². The van der Waals surface area contributed by atoms with Crippen LogP contribution in [0, 0.1) is 11.8 Å². The Morgan fingerprint density at radius 3 is 3.13 bits per heavy atom. The van der Waals surface area contributed by atoms with Crippen LogP contribution in [0.1, 0.15) is 18.5 Å². The lowest BCUT2D eigenvalue weighted by Crippen LogP contribution is -2.36. The predicted molar refractivity (Wildman–Crippen MR) is 56.2 cm³/mol. The van der Waals surface area contributed by atoms with E-state index < -0.39 is 0 Å². The fourth-order valence-corrected chi connectivity index (χ4v) is 2.39. The number of imidazole rings is 1. The van der Waals surface area contributed by atoms with Gasteiger partial charge in [-0.15, -0.1) is 0 Å². The van der Waals surface area contributed by atoms with Crippen molar-refractivity contribution in [3.8, 4) is 0 Å². The summed E-state index contributed by atoms with van der Waals surface area (Å²) in [6, 6.07) is 0.542. The highest BCUT2D eigenvalue weighted by Crippen LogP contribution is 2.40. The number of nitrogens with zero attached hydrogens (tertiary/aromatic N) is 1. The van der Waals surface area contributed by atoms with Crippen LogP contribution >= 0.6 is 0 Å². The van der Waals surface area contributed by atoms with E-state index >= 15 is 0 Å². The van der Waals surface area contributed by atoms with Crippen LogP contribution in [0.25, 0.3) is 0 Å². The van der Waals surface area contributed by atoms with Crippen molar-refractivity contribution < 1.29 is 4.74 Å². The van der Waals surface area contributed by atoms with E-state index in [2.05, 4.69) is 15.3 Å². The van der Waals surface area contributed by atoms with Crippen molar-refractivity contribution in [2.24, 2.45) is 11.8 Å². The molecule has 0 aromatic carbocycles. The van der Waals surface area contributed by atoms with E-state index in [9.17, 15) is 0 Å². The normalized spacial score (nSPS) is 30.9. The molecule has 15 heavy (non-hydrogen) atoms. The predicted octanol–water partition coefficient (Wildman–Crippen LogP) is 0.924. The van der Waals surface area contributed by atoms with Gasteiger partial charge in [-0.1, -0.05) is 0 Å². The molecule has 1 aromatic rings. The van der Waals surface area contributed by atoms with Crippen molar-refractivity contribution in [1.82, 2.24) is 15.3 Å². The van der Waals surface area contributed by atoms with Crippen LogP contribution in [-0.4, -0.2) is 29.2 Å². The highest BCUT2D eigenvalue weighted by molar-refractivity contribution is 4.97. The molecule has 0 amide bonds. The molecule has 2 atom stereocenters. The first-order valence-corrected chi connectivity index (χ1v) is 5.72. The second-order valence-electron chi connectivity index (χ2n) is 4.60. The highest BCUT2D eigenvalue weighted by atomic mass is 16.5. The summed E-state index contributed by atoms with van der Waals surface area (Å²) in [5.74, 6) is 1.67. The first-order valence-electron chi connectivity index (χ1n) is 5.72. The van der Waals surface area contributed by atoms with Gasteiger partial charge in [0.05, 0.1) is 19.5 Å². The number of aromatic amines is 1. The maximum absolute atomic E-state index is 5.55. The molecule has 2 fully saturated rings. The molecule has 0 radical (unpaired) electrons. The third kappa shape index (κ3) is 2.06. The summed E-state index contributed by atoms with van der Waals surface area (Å²) in [5.41, 5.74) is 1.15. The second-order valence-corrected chi connectivity index (χ2v) is 4.60. The average Bonchev–Trinajstić information content (AvgIpc) is 2.81. The zero-order valence-corrected chi connectivity index (χ0v) is 8.78. The van der Waals surface area contributed by atoms with Gasteiger partial charge in [0.1, 0.15) is 0 Å². The molecule has 0 bridgehead atoms. The Hall–Kier alpha value is -0.870. The van der Waals surface area contributed by atoms with Crippen LogP contribution in [0.3, 0.4) is 0 Å². The number of hydrogen-bond acceptors (Lipinski definition) is 3. The summed E-state index contributed by atoms with van der Waals surface area (Å²) in [6.07, 6.45) is 6.39. The second kappa shape index (κ2) is 3.94. The lowest BCUT2D eigenvalue weighted by Gasteiger charge is -2.17. The minimum absolute atomic E-state index is 0.542. The molecule has 2 aliphatic rings. The molecule has 1 saturated carbocycles. The Morgan fingerprint density at radius 1 is 1.47 bits per heavy atom. The third-order valence-corrected chi connectivity index (χ3v) is 3.46. The van der Waals surface area contributed by atoms with Crippen molar-refractivity contribution >= 4 is 0 Å². The van der Waals surface area contributed by atoms with Crippen LogP contribution in [0.5, 0.6) is 0 Å². The summed E-state index contributed by atoms with van der Waals surface area (Å²) in [7, 11) is 0. The Labute approximate surface area is 89.4 Å². The van der Waals surface area contributed by atoms with Crippen molar-refractivity contribution in [2.75, 3.05) is 13.2 Å². The molecule has 2 N–H and O–H groups in total. The lowest BCUT2D eigenvalue weighted by atomic mass is 9.98. The van der Waals surface area contributed by atoms with Gasteiger partial charge in [-0.2, -0.15) is 0 Å². The molecule has 1 aromatic heterocycles. The standard InChI is InChI=1S/C11H17N3O/c1-2-8(1)10-5-15-6-11(10)13-4-9-3-12-7-14-9/h3,7-8,10-11,13H,1-2,4-6H2,(H,12,14). The molecule has 1 aliphatic heterocycles. The van der Waals surface area contributed by atoms with Crippen LogP contribution in [0.2, 0.25) is 0 Å². The van der Waals surface area contributed by atoms with Crippen molar-refractivity contribution in [3.05, 3.63) is 18.2 Å². The van der Waals surface area contributed by atoms with Crippen LogP contribution in [0.15, 0.2) is 12.5 Å². The third-order valence-electron chi connectivity index (χ3n) is 3.46. The van der Waals surface area contributed by atoms with Crippen LogP contribution in [-0.2, 0) is 11.3 Å². The minimum Gasteiger partial charge on any atom is -0.379 e. The van der Waals surface area contributed by atoms with Crippen LogP contribution in [0.4, 0.5) is 0 Å². The molecule has 0 spiro atoms. The summed E-state index contributed by atoms with van der Waals surface area (Å²) in [6.45, 7) is 2.69. The summed E-state index contributed by atoms with van der Waals surface area (Å²) in [5, 5.41) is 3.56. The van der Waals surface area contributed by atoms with E-state index in [0.717, 1.165) is 37.3 Å². The monoisotopic (exact) mass is 207 g/mol. The van der Waals surface area contributed by atoms with Gasteiger partial charge in [-0.05, 0) is 18.8 Å². The first kappa shape index (κ1) is 9.36. The van der Waals surface area contributed by atoms with Gasteiger partial charge in [0, 0.05) is 30.4 Å². The largest absolute Gasteiger partial charge is 0.379 e. The minimum atomic E-state index is 0.542. The highest BCUT2D eigenvalue weighted by Gasteiger charge is 2.39. The molecule has 4 heteroatoms. The average molecular weight is 207 g/mol. The van der Waals surface area contributed by atoms with E-state index in [0.29, 0.717) is 6.04 Å². The topological polar surface area (TPSA) is 49.9 Å². The SMILES string of the molecule is c1ncc(CNC2COCC2C2CC2)[nH]1. The van der Waals surface area contributed by atoms with Gasteiger partial charge >= 0.3 is 0 Å². The molecule has 82 valence electrons. The number of nitrogens with one attached hydrogen (secondary N) is 2. The summed E-state index contributed by atoms with van der Waals surface area (Å²) >= 11 is 0. The van der Waals surface area contributed by atoms with Gasteiger partial charge in [-0.25, -0.2) is 4.98 Å². The number of aromatic nitrogens is 2. The smallest absolute Gasteiger partial charge is 0.0922 e. The first-order chi connectivity index (χ1) is 7.43.